The second kappa shape index (κ2) is 6.40. The Morgan fingerprint density at radius 1 is 1.47 bits per heavy atom. The van der Waals surface area contributed by atoms with E-state index in [1.165, 1.54) is 0 Å². The van der Waals surface area contributed by atoms with Crippen molar-refractivity contribution in [2.24, 2.45) is 0 Å². The molecule has 0 radical (unpaired) electrons. The van der Waals surface area contributed by atoms with Gasteiger partial charge in [0.15, 0.2) is 0 Å². The Morgan fingerprint density at radius 2 is 2.26 bits per heavy atom. The van der Waals surface area contributed by atoms with Gasteiger partial charge in [-0.1, -0.05) is 12.1 Å². The van der Waals surface area contributed by atoms with E-state index in [0.29, 0.717) is 31.1 Å². The number of nitrogens with zero attached hydrogens (tertiary/aromatic N) is 1. The Balaban J connectivity index is 1.77. The summed E-state index contributed by atoms with van der Waals surface area (Å²) in [5, 5.41) is 12.6. The van der Waals surface area contributed by atoms with Crippen LogP contribution in [0.3, 0.4) is 0 Å². The first-order valence-electron chi connectivity index (χ1n) is 6.29. The van der Waals surface area contributed by atoms with Crippen molar-refractivity contribution in [1.29, 1.82) is 0 Å². The fourth-order valence-corrected chi connectivity index (χ4v) is 2.00. The van der Waals surface area contributed by atoms with E-state index >= 15 is 0 Å². The van der Waals surface area contributed by atoms with Gasteiger partial charge in [0.25, 0.3) is 0 Å². The number of nitrogens with one attached hydrogen (secondary N) is 1. The van der Waals surface area contributed by atoms with Gasteiger partial charge >= 0.3 is 0 Å². The monoisotopic (exact) mass is 265 g/mol. The molecule has 1 atom stereocenters. The molecule has 0 bridgehead atoms. The molecule has 0 aromatic heterocycles. The standard InChI is InChI=1S/C13H19N3O3/c14-11-3-1-2-4-12(11)19-9-10(17)7-16-6-5-15-13(18)8-16/h1-4,10,17H,5-9,14H2,(H,15,18). The van der Waals surface area contributed by atoms with Gasteiger partial charge in [-0.25, -0.2) is 0 Å². The molecule has 4 N–H and O–H groups in total. The van der Waals surface area contributed by atoms with Crippen LogP contribution in [0.5, 0.6) is 5.75 Å². The average molecular weight is 265 g/mol. The van der Waals surface area contributed by atoms with Gasteiger partial charge in [-0.2, -0.15) is 0 Å². The Labute approximate surface area is 112 Å². The SMILES string of the molecule is Nc1ccccc1OCC(O)CN1CCNC(=O)C1. The molecule has 6 heteroatoms. The molecule has 104 valence electrons. The number of piperazine rings is 1. The minimum absolute atomic E-state index is 0.00771. The summed E-state index contributed by atoms with van der Waals surface area (Å²) in [4.78, 5) is 13.1. The zero-order chi connectivity index (χ0) is 13.7. The van der Waals surface area contributed by atoms with E-state index in [2.05, 4.69) is 5.32 Å². The minimum atomic E-state index is -0.648. The van der Waals surface area contributed by atoms with Crippen LogP contribution in [-0.2, 0) is 4.79 Å². The number of aliphatic hydroxyl groups is 1. The predicted octanol–water partition coefficient (Wildman–Crippen LogP) is -0.560. The predicted molar refractivity (Wildman–Crippen MR) is 71.8 cm³/mol. The normalized spacial score (nSPS) is 17.8. The maximum Gasteiger partial charge on any atom is 0.234 e. The van der Waals surface area contributed by atoms with E-state index in [4.69, 9.17) is 10.5 Å². The minimum Gasteiger partial charge on any atom is -0.489 e. The number of benzene rings is 1. The highest BCUT2D eigenvalue weighted by Crippen LogP contribution is 2.19. The number of aliphatic hydroxyl groups excluding tert-OH is 1. The molecule has 1 amide bonds. The third kappa shape index (κ3) is 4.11. The molecule has 6 nitrogen and oxygen atoms in total. The summed E-state index contributed by atoms with van der Waals surface area (Å²) < 4.78 is 5.46. The largest absolute Gasteiger partial charge is 0.489 e. The Hall–Kier alpha value is -1.79. The average Bonchev–Trinajstić information content (AvgIpc) is 2.38. The van der Waals surface area contributed by atoms with Gasteiger partial charge in [0.2, 0.25) is 5.91 Å². The maximum atomic E-state index is 11.2. The zero-order valence-electron chi connectivity index (χ0n) is 10.7. The lowest BCUT2D eigenvalue weighted by Gasteiger charge is -2.28. The van der Waals surface area contributed by atoms with Gasteiger partial charge in [0.1, 0.15) is 18.5 Å². The molecule has 1 aliphatic rings. The summed E-state index contributed by atoms with van der Waals surface area (Å²) in [7, 11) is 0. The van der Waals surface area contributed by atoms with Crippen molar-refractivity contribution in [3.63, 3.8) is 0 Å². The number of amides is 1. The Kier molecular flexibility index (Phi) is 4.59. The van der Waals surface area contributed by atoms with E-state index in [1.54, 1.807) is 12.1 Å². The van der Waals surface area contributed by atoms with E-state index in [9.17, 15) is 9.90 Å². The van der Waals surface area contributed by atoms with Crippen LogP contribution in [0.15, 0.2) is 24.3 Å². The van der Waals surface area contributed by atoms with Gasteiger partial charge in [-0.15, -0.1) is 0 Å². The first-order valence-corrected chi connectivity index (χ1v) is 6.29. The van der Waals surface area contributed by atoms with Crippen molar-refractivity contribution in [2.45, 2.75) is 6.10 Å². The van der Waals surface area contributed by atoms with Crippen LogP contribution in [0.4, 0.5) is 5.69 Å². The molecule has 1 heterocycles. The number of rotatable bonds is 5. The fourth-order valence-electron chi connectivity index (χ4n) is 2.00. The summed E-state index contributed by atoms with van der Waals surface area (Å²) in [5.74, 6) is 0.560. The number of hydrogen-bond donors (Lipinski definition) is 3. The molecule has 1 fully saturated rings. The van der Waals surface area contributed by atoms with E-state index < -0.39 is 6.10 Å². The third-order valence-electron chi connectivity index (χ3n) is 2.94. The smallest absolute Gasteiger partial charge is 0.234 e. The van der Waals surface area contributed by atoms with E-state index in [-0.39, 0.29) is 12.5 Å². The van der Waals surface area contributed by atoms with Gasteiger partial charge in [-0.3, -0.25) is 9.69 Å². The second-order valence-electron chi connectivity index (χ2n) is 4.59. The number of nitrogens with two attached hydrogens (primary N) is 1. The quantitative estimate of drug-likeness (QED) is 0.621. The summed E-state index contributed by atoms with van der Waals surface area (Å²) in [6, 6.07) is 7.16. The Morgan fingerprint density at radius 3 is 3.00 bits per heavy atom. The van der Waals surface area contributed by atoms with Crippen molar-refractivity contribution in [1.82, 2.24) is 10.2 Å². The van der Waals surface area contributed by atoms with Crippen molar-refractivity contribution < 1.29 is 14.6 Å². The molecular weight excluding hydrogens is 246 g/mol. The molecular formula is C13H19N3O3. The molecule has 1 unspecified atom stereocenters. The van der Waals surface area contributed by atoms with E-state index in [1.807, 2.05) is 17.0 Å². The number of hydrogen-bond acceptors (Lipinski definition) is 5. The maximum absolute atomic E-state index is 11.2. The van der Waals surface area contributed by atoms with Crippen LogP contribution >= 0.6 is 0 Å². The topological polar surface area (TPSA) is 87.8 Å². The summed E-state index contributed by atoms with van der Waals surface area (Å²) >= 11 is 0. The number of carbonyl (C=O) groups excluding carboxylic acids is 1. The molecule has 0 aliphatic carbocycles. The number of nitrogen functional groups attached to an aromatic ring is 1. The van der Waals surface area contributed by atoms with Crippen LogP contribution < -0.4 is 15.8 Å². The molecule has 1 aliphatic heterocycles. The number of anilines is 1. The summed E-state index contributed by atoms with van der Waals surface area (Å²) in [6.07, 6.45) is -0.648. The molecule has 1 aromatic carbocycles. The lowest BCUT2D eigenvalue weighted by molar-refractivity contribution is -0.124. The van der Waals surface area contributed by atoms with Crippen molar-refractivity contribution in [3.05, 3.63) is 24.3 Å². The first-order chi connectivity index (χ1) is 9.15. The molecule has 1 aromatic rings. The lowest BCUT2D eigenvalue weighted by atomic mass is 10.3. The van der Waals surface area contributed by atoms with E-state index in [0.717, 1.165) is 6.54 Å². The van der Waals surface area contributed by atoms with Crippen molar-refractivity contribution in [2.75, 3.05) is 38.5 Å². The second-order valence-corrected chi connectivity index (χ2v) is 4.59. The molecule has 1 saturated heterocycles. The van der Waals surface area contributed by atoms with Crippen molar-refractivity contribution in [3.8, 4) is 5.75 Å². The van der Waals surface area contributed by atoms with Gasteiger partial charge in [0.05, 0.1) is 12.2 Å². The van der Waals surface area contributed by atoms with Crippen molar-refractivity contribution >= 4 is 11.6 Å². The Bertz CT molecular complexity index is 439. The summed E-state index contributed by atoms with van der Waals surface area (Å²) in [6.45, 7) is 2.27. The van der Waals surface area contributed by atoms with Crippen LogP contribution in [0.2, 0.25) is 0 Å². The van der Waals surface area contributed by atoms with Crippen LogP contribution in [0.25, 0.3) is 0 Å². The molecule has 2 rings (SSSR count). The van der Waals surface area contributed by atoms with Gasteiger partial charge < -0.3 is 20.9 Å². The molecule has 19 heavy (non-hydrogen) atoms. The first kappa shape index (κ1) is 13.6. The van der Waals surface area contributed by atoms with Crippen LogP contribution in [0, 0.1) is 0 Å². The molecule has 0 spiro atoms. The number of carbonyl (C=O) groups is 1. The lowest BCUT2D eigenvalue weighted by Crippen LogP contribution is -2.50. The van der Waals surface area contributed by atoms with Crippen LogP contribution in [-0.4, -0.2) is 54.8 Å². The van der Waals surface area contributed by atoms with Gasteiger partial charge in [0, 0.05) is 19.6 Å². The van der Waals surface area contributed by atoms with Gasteiger partial charge in [-0.05, 0) is 12.1 Å². The summed E-state index contributed by atoms with van der Waals surface area (Å²) in [5.41, 5.74) is 6.29. The third-order valence-corrected chi connectivity index (χ3v) is 2.94. The molecule has 0 saturated carbocycles. The number of para-hydroxylation sites is 2. The highest BCUT2D eigenvalue weighted by molar-refractivity contribution is 5.78. The number of β-amino-alcohol motifs (C(OH)–C–C–N with tert-alkyl or cyclic N) is 1. The fraction of sp³-hybridized carbons (Fsp3) is 0.462. The highest BCUT2D eigenvalue weighted by atomic mass is 16.5. The number of ether oxygens (including phenoxy) is 1. The highest BCUT2D eigenvalue weighted by Gasteiger charge is 2.19. The van der Waals surface area contributed by atoms with Crippen LogP contribution in [0.1, 0.15) is 0 Å². The zero-order valence-corrected chi connectivity index (χ0v) is 10.7.